The number of esters is 1. The second kappa shape index (κ2) is 6.72. The van der Waals surface area contributed by atoms with E-state index in [2.05, 4.69) is 34.3 Å². The Labute approximate surface area is 154 Å². The molecule has 0 aromatic carbocycles. The molecule has 0 spiro atoms. The zero-order valence-corrected chi connectivity index (χ0v) is 17.2. The van der Waals surface area contributed by atoms with Crippen LogP contribution in [0.5, 0.6) is 0 Å². The smallest absolute Gasteiger partial charge is 0.303 e. The molecule has 5 atom stereocenters. The van der Waals surface area contributed by atoms with Crippen molar-refractivity contribution in [3.63, 3.8) is 0 Å². The number of carbonyl (C=O) groups is 1. The van der Waals surface area contributed by atoms with Crippen molar-refractivity contribution < 1.29 is 14.6 Å². The molecule has 0 amide bonds. The van der Waals surface area contributed by atoms with E-state index in [1.54, 1.807) is 6.08 Å². The van der Waals surface area contributed by atoms with E-state index < -0.39 is 11.2 Å². The summed E-state index contributed by atoms with van der Waals surface area (Å²) in [6.45, 7) is 16.4. The highest BCUT2D eigenvalue weighted by atomic mass is 16.6. The third kappa shape index (κ3) is 3.97. The third-order valence-corrected chi connectivity index (χ3v) is 7.49. The Hall–Kier alpha value is -0.830. The summed E-state index contributed by atoms with van der Waals surface area (Å²) in [5, 5.41) is 10.5. The minimum absolute atomic E-state index is 0.140. The Morgan fingerprint density at radius 2 is 1.92 bits per heavy atom. The van der Waals surface area contributed by atoms with Crippen molar-refractivity contribution in [3.8, 4) is 0 Å². The topological polar surface area (TPSA) is 46.5 Å². The standard InChI is InChI=1S/C22H38O3/c1-8-20(5,24)14-10-18-21(6)13-9-12-19(3,4)17(21)11-15-22(18,7)25-16(2)23/h8,17-18,24H,1,9-15H2,2-7H3/t17-,18-,20-,21-,22+/m0/s1. The molecular weight excluding hydrogens is 312 g/mol. The summed E-state index contributed by atoms with van der Waals surface area (Å²) < 4.78 is 5.93. The first-order chi connectivity index (χ1) is 11.4. The van der Waals surface area contributed by atoms with Crippen LogP contribution < -0.4 is 0 Å². The van der Waals surface area contributed by atoms with Gasteiger partial charge in [0.05, 0.1) is 5.60 Å². The van der Waals surface area contributed by atoms with E-state index in [1.807, 2.05) is 6.92 Å². The second-order valence-corrected chi connectivity index (χ2v) is 10.00. The van der Waals surface area contributed by atoms with Crippen molar-refractivity contribution in [1.29, 1.82) is 0 Å². The Morgan fingerprint density at radius 1 is 1.28 bits per heavy atom. The number of ether oxygens (including phenoxy) is 1. The fourth-order valence-electron chi connectivity index (χ4n) is 6.23. The van der Waals surface area contributed by atoms with Crippen LogP contribution in [0.4, 0.5) is 0 Å². The lowest BCUT2D eigenvalue weighted by Gasteiger charge is -2.62. The maximum atomic E-state index is 11.8. The molecule has 0 aromatic heterocycles. The number of rotatable bonds is 5. The molecule has 3 heteroatoms. The monoisotopic (exact) mass is 350 g/mol. The average molecular weight is 351 g/mol. The van der Waals surface area contributed by atoms with E-state index in [9.17, 15) is 9.90 Å². The number of fused-ring (bicyclic) bond motifs is 1. The summed E-state index contributed by atoms with van der Waals surface area (Å²) in [5.74, 6) is 0.699. The SMILES string of the molecule is C=C[C@](C)(O)CC[C@H]1[C@@]2(C)CCCC(C)(C)[C@@H]2CC[C@@]1(C)OC(C)=O. The van der Waals surface area contributed by atoms with E-state index in [0.29, 0.717) is 17.8 Å². The molecule has 1 N–H and O–H groups in total. The molecule has 2 saturated carbocycles. The van der Waals surface area contributed by atoms with E-state index >= 15 is 0 Å². The van der Waals surface area contributed by atoms with Crippen molar-refractivity contribution in [2.24, 2.45) is 22.7 Å². The normalized spacial score (nSPS) is 39.8. The molecule has 0 saturated heterocycles. The highest BCUT2D eigenvalue weighted by Gasteiger charge is 2.59. The Balaban J connectivity index is 2.38. The van der Waals surface area contributed by atoms with Crippen molar-refractivity contribution >= 4 is 5.97 Å². The van der Waals surface area contributed by atoms with Crippen LogP contribution in [-0.4, -0.2) is 22.3 Å². The molecule has 2 aliphatic rings. The summed E-state index contributed by atoms with van der Waals surface area (Å²) in [6.07, 6.45) is 8.84. The van der Waals surface area contributed by atoms with Crippen LogP contribution in [0.3, 0.4) is 0 Å². The lowest BCUT2D eigenvalue weighted by Crippen LogP contribution is -2.59. The van der Waals surface area contributed by atoms with Crippen LogP contribution >= 0.6 is 0 Å². The first kappa shape index (κ1) is 20.5. The van der Waals surface area contributed by atoms with Gasteiger partial charge in [-0.1, -0.05) is 33.3 Å². The largest absolute Gasteiger partial charge is 0.459 e. The summed E-state index contributed by atoms with van der Waals surface area (Å²) in [5.41, 5.74) is -0.850. The van der Waals surface area contributed by atoms with Gasteiger partial charge in [0.1, 0.15) is 5.60 Å². The highest BCUT2D eigenvalue weighted by Crippen LogP contribution is 2.63. The van der Waals surface area contributed by atoms with Gasteiger partial charge in [0.25, 0.3) is 0 Å². The number of carbonyl (C=O) groups excluding carboxylic acids is 1. The molecule has 0 heterocycles. The molecule has 0 bridgehead atoms. The summed E-state index contributed by atoms with van der Waals surface area (Å²) >= 11 is 0. The quantitative estimate of drug-likeness (QED) is 0.543. The van der Waals surface area contributed by atoms with Gasteiger partial charge in [-0.2, -0.15) is 0 Å². The van der Waals surface area contributed by atoms with Gasteiger partial charge in [-0.3, -0.25) is 4.79 Å². The van der Waals surface area contributed by atoms with Crippen molar-refractivity contribution in [2.75, 3.05) is 0 Å². The van der Waals surface area contributed by atoms with Gasteiger partial charge in [-0.15, -0.1) is 6.58 Å². The van der Waals surface area contributed by atoms with Crippen LogP contribution in [0.1, 0.15) is 86.5 Å². The summed E-state index contributed by atoms with van der Waals surface area (Å²) in [4.78, 5) is 11.8. The fourth-order valence-corrected chi connectivity index (χ4v) is 6.23. The fraction of sp³-hybridized carbons (Fsp3) is 0.864. The van der Waals surface area contributed by atoms with E-state index in [0.717, 1.165) is 19.3 Å². The maximum Gasteiger partial charge on any atom is 0.303 e. The minimum atomic E-state index is -0.870. The van der Waals surface area contributed by atoms with Crippen LogP contribution in [0.2, 0.25) is 0 Å². The lowest BCUT2D eigenvalue weighted by atomic mass is 9.45. The van der Waals surface area contributed by atoms with Crippen LogP contribution in [0.15, 0.2) is 12.7 Å². The van der Waals surface area contributed by atoms with Gasteiger partial charge < -0.3 is 9.84 Å². The van der Waals surface area contributed by atoms with Gasteiger partial charge in [-0.05, 0) is 69.1 Å². The molecule has 0 radical (unpaired) electrons. The van der Waals surface area contributed by atoms with Crippen LogP contribution in [0, 0.1) is 22.7 Å². The predicted molar refractivity (Wildman–Crippen MR) is 102 cm³/mol. The molecule has 0 aliphatic heterocycles. The number of aliphatic hydroxyl groups is 1. The zero-order valence-electron chi connectivity index (χ0n) is 17.2. The first-order valence-corrected chi connectivity index (χ1v) is 9.92. The lowest BCUT2D eigenvalue weighted by molar-refractivity contribution is -0.200. The van der Waals surface area contributed by atoms with E-state index in [4.69, 9.17) is 4.74 Å². The van der Waals surface area contributed by atoms with Gasteiger partial charge in [0, 0.05) is 12.8 Å². The first-order valence-electron chi connectivity index (χ1n) is 9.92. The molecule has 3 nitrogen and oxygen atoms in total. The van der Waals surface area contributed by atoms with Crippen molar-refractivity contribution in [2.45, 2.75) is 97.7 Å². The molecule has 2 rings (SSSR count). The van der Waals surface area contributed by atoms with Crippen LogP contribution in [0.25, 0.3) is 0 Å². The van der Waals surface area contributed by atoms with Crippen molar-refractivity contribution in [1.82, 2.24) is 0 Å². The minimum Gasteiger partial charge on any atom is -0.459 e. The Bertz CT molecular complexity index is 521. The number of hydrogen-bond acceptors (Lipinski definition) is 3. The Kier molecular flexibility index (Phi) is 5.50. The van der Waals surface area contributed by atoms with Gasteiger partial charge in [-0.25, -0.2) is 0 Å². The van der Waals surface area contributed by atoms with Gasteiger partial charge >= 0.3 is 5.97 Å². The molecule has 0 unspecified atom stereocenters. The Morgan fingerprint density at radius 3 is 2.48 bits per heavy atom. The molecule has 2 aliphatic carbocycles. The molecule has 0 aromatic rings. The third-order valence-electron chi connectivity index (χ3n) is 7.49. The van der Waals surface area contributed by atoms with Crippen molar-refractivity contribution in [3.05, 3.63) is 12.7 Å². The predicted octanol–water partition coefficient (Wildman–Crippen LogP) is 5.27. The average Bonchev–Trinajstić information content (AvgIpc) is 2.44. The zero-order chi connectivity index (χ0) is 19.1. The summed E-state index contributed by atoms with van der Waals surface area (Å²) in [7, 11) is 0. The van der Waals surface area contributed by atoms with Crippen LogP contribution in [-0.2, 0) is 9.53 Å². The molecular formula is C22H38O3. The molecule has 25 heavy (non-hydrogen) atoms. The second-order valence-electron chi connectivity index (χ2n) is 10.00. The maximum absolute atomic E-state index is 11.8. The van der Waals surface area contributed by atoms with E-state index in [-0.39, 0.29) is 17.3 Å². The van der Waals surface area contributed by atoms with Gasteiger partial charge in [0.2, 0.25) is 0 Å². The summed E-state index contributed by atoms with van der Waals surface area (Å²) in [6, 6.07) is 0. The van der Waals surface area contributed by atoms with Gasteiger partial charge in [0.15, 0.2) is 0 Å². The highest BCUT2D eigenvalue weighted by molar-refractivity contribution is 5.66. The molecule has 2 fully saturated rings. The number of hydrogen-bond donors (Lipinski definition) is 1. The van der Waals surface area contributed by atoms with E-state index in [1.165, 1.54) is 26.2 Å². The molecule has 144 valence electrons.